The van der Waals surface area contributed by atoms with Crippen molar-refractivity contribution in [1.82, 2.24) is 0 Å². The highest BCUT2D eigenvalue weighted by Gasteiger charge is 2.24. The number of methoxy groups -OCH3 is 1. The molecule has 1 heterocycles. The highest BCUT2D eigenvalue weighted by molar-refractivity contribution is 7.92. The van der Waals surface area contributed by atoms with Crippen LogP contribution >= 0.6 is 11.6 Å². The Morgan fingerprint density at radius 1 is 1.17 bits per heavy atom. The number of aromatic hydroxyl groups is 1. The van der Waals surface area contributed by atoms with Crippen LogP contribution < -0.4 is 20.1 Å². The number of rotatable bonds is 4. The Bertz CT molecular complexity index is 1230. The number of nitrogens with one attached hydrogen (secondary N) is 3. The third kappa shape index (κ3) is 3.57. The lowest BCUT2D eigenvalue weighted by molar-refractivity contribution is 0.414. The maximum Gasteiger partial charge on any atom is 0.261 e. The molecule has 0 saturated carbocycles. The van der Waals surface area contributed by atoms with Crippen LogP contribution in [0.2, 0.25) is 5.02 Å². The molecular formula is C20H17ClFN3O4S. The molecule has 1 aliphatic rings. The summed E-state index contributed by atoms with van der Waals surface area (Å²) < 4.78 is 47.2. The van der Waals surface area contributed by atoms with Gasteiger partial charge in [0.2, 0.25) is 0 Å². The van der Waals surface area contributed by atoms with Gasteiger partial charge in [0.1, 0.15) is 5.75 Å². The summed E-state index contributed by atoms with van der Waals surface area (Å²) in [5, 5.41) is 16.2. The van der Waals surface area contributed by atoms with Gasteiger partial charge in [-0.3, -0.25) is 4.72 Å². The minimum Gasteiger partial charge on any atom is -0.505 e. The molecule has 0 radical (unpaired) electrons. The first-order valence-corrected chi connectivity index (χ1v) is 10.7. The predicted molar refractivity (Wildman–Crippen MR) is 114 cm³/mol. The summed E-state index contributed by atoms with van der Waals surface area (Å²) in [7, 11) is -2.41. The zero-order valence-electron chi connectivity index (χ0n) is 15.7. The van der Waals surface area contributed by atoms with Crippen LogP contribution in [0.5, 0.6) is 11.5 Å². The highest BCUT2D eigenvalue weighted by Crippen LogP contribution is 2.44. The van der Waals surface area contributed by atoms with Gasteiger partial charge in [0.05, 0.1) is 39.8 Å². The minimum atomic E-state index is -3.90. The molecule has 0 aromatic heterocycles. The molecule has 3 aromatic rings. The van der Waals surface area contributed by atoms with Gasteiger partial charge in [0, 0.05) is 12.1 Å². The SMILES string of the molecule is COc1ccc(S(=O)(=O)Nc2cccc3c2Nc2c(Cl)cc(F)c(O)c2CN3)cc1. The number of para-hydroxylation sites is 1. The molecule has 4 rings (SSSR count). The van der Waals surface area contributed by atoms with Gasteiger partial charge in [-0.25, -0.2) is 12.8 Å². The largest absolute Gasteiger partial charge is 0.505 e. The van der Waals surface area contributed by atoms with E-state index in [-0.39, 0.29) is 33.4 Å². The lowest BCUT2D eigenvalue weighted by atomic mass is 10.1. The Balaban J connectivity index is 1.74. The van der Waals surface area contributed by atoms with E-state index in [4.69, 9.17) is 16.3 Å². The number of sulfonamides is 1. The molecule has 4 N–H and O–H groups in total. The second-order valence-electron chi connectivity index (χ2n) is 6.53. The van der Waals surface area contributed by atoms with Crippen LogP contribution in [0, 0.1) is 5.82 Å². The van der Waals surface area contributed by atoms with Crippen LogP contribution in [-0.2, 0) is 16.6 Å². The van der Waals surface area contributed by atoms with Crippen LogP contribution in [0.4, 0.5) is 27.1 Å². The fourth-order valence-corrected chi connectivity index (χ4v) is 4.48. The summed E-state index contributed by atoms with van der Waals surface area (Å²) in [6.45, 7) is 0.0906. The molecule has 10 heteroatoms. The van der Waals surface area contributed by atoms with E-state index >= 15 is 0 Å². The van der Waals surface area contributed by atoms with Crippen molar-refractivity contribution in [2.45, 2.75) is 11.4 Å². The quantitative estimate of drug-likeness (QED) is 0.462. The Morgan fingerprint density at radius 3 is 2.60 bits per heavy atom. The van der Waals surface area contributed by atoms with E-state index < -0.39 is 21.6 Å². The zero-order chi connectivity index (χ0) is 21.5. The van der Waals surface area contributed by atoms with Crippen LogP contribution in [0.25, 0.3) is 0 Å². The first kappa shape index (κ1) is 20.1. The van der Waals surface area contributed by atoms with Crippen LogP contribution in [-0.4, -0.2) is 20.6 Å². The van der Waals surface area contributed by atoms with E-state index in [1.165, 1.54) is 19.2 Å². The molecule has 0 aliphatic carbocycles. The number of phenolic OH excluding ortho intramolecular Hbond substituents is 1. The number of phenols is 1. The van der Waals surface area contributed by atoms with E-state index in [1.54, 1.807) is 30.3 Å². The first-order valence-electron chi connectivity index (χ1n) is 8.81. The molecule has 0 saturated heterocycles. The van der Waals surface area contributed by atoms with Crippen molar-refractivity contribution < 1.29 is 22.7 Å². The van der Waals surface area contributed by atoms with Crippen molar-refractivity contribution in [2.75, 3.05) is 22.5 Å². The number of ether oxygens (including phenoxy) is 1. The Labute approximate surface area is 177 Å². The zero-order valence-corrected chi connectivity index (χ0v) is 17.2. The number of hydrogen-bond donors (Lipinski definition) is 4. The fraction of sp³-hybridized carbons (Fsp3) is 0.100. The van der Waals surface area contributed by atoms with Crippen LogP contribution in [0.3, 0.4) is 0 Å². The highest BCUT2D eigenvalue weighted by atomic mass is 35.5. The average molecular weight is 450 g/mol. The Morgan fingerprint density at radius 2 is 1.90 bits per heavy atom. The number of anilines is 4. The molecule has 156 valence electrons. The molecule has 0 bridgehead atoms. The Kier molecular flexibility index (Phi) is 5.08. The molecule has 0 amide bonds. The summed E-state index contributed by atoms with van der Waals surface area (Å²) in [5.74, 6) is -0.831. The van der Waals surface area contributed by atoms with Gasteiger partial charge in [0.15, 0.2) is 11.6 Å². The maximum absolute atomic E-state index is 13.9. The lowest BCUT2D eigenvalue weighted by Gasteiger charge is -2.17. The van der Waals surface area contributed by atoms with Gasteiger partial charge in [-0.15, -0.1) is 0 Å². The summed E-state index contributed by atoms with van der Waals surface area (Å²) in [6, 6.07) is 11.9. The van der Waals surface area contributed by atoms with Crippen molar-refractivity contribution in [3.05, 3.63) is 64.9 Å². The predicted octanol–water partition coefficient (Wildman–Crippen LogP) is 4.66. The molecule has 30 heavy (non-hydrogen) atoms. The first-order chi connectivity index (χ1) is 14.3. The van der Waals surface area contributed by atoms with E-state index in [1.807, 2.05) is 0 Å². The topological polar surface area (TPSA) is 99.7 Å². The summed E-state index contributed by atoms with van der Waals surface area (Å²) in [4.78, 5) is 0.0561. The van der Waals surface area contributed by atoms with Gasteiger partial charge >= 0.3 is 0 Å². The number of halogens is 2. The number of hydrogen-bond acceptors (Lipinski definition) is 6. The Hall–Kier alpha value is -3.17. The number of benzene rings is 3. The van der Waals surface area contributed by atoms with Crippen LogP contribution in [0.1, 0.15) is 5.56 Å². The molecule has 0 fully saturated rings. The third-order valence-corrected chi connectivity index (χ3v) is 6.37. The normalized spacial score (nSPS) is 12.6. The van der Waals surface area contributed by atoms with Crippen molar-refractivity contribution in [3.8, 4) is 11.5 Å². The molecule has 0 atom stereocenters. The maximum atomic E-state index is 13.9. The lowest BCUT2D eigenvalue weighted by Crippen LogP contribution is -2.14. The van der Waals surface area contributed by atoms with E-state index in [2.05, 4.69) is 15.4 Å². The molecule has 7 nitrogen and oxygen atoms in total. The van der Waals surface area contributed by atoms with Crippen molar-refractivity contribution in [3.63, 3.8) is 0 Å². The number of fused-ring (bicyclic) bond motifs is 2. The van der Waals surface area contributed by atoms with Gasteiger partial charge < -0.3 is 20.5 Å². The molecule has 0 unspecified atom stereocenters. The summed E-state index contributed by atoms with van der Waals surface area (Å²) >= 11 is 6.18. The summed E-state index contributed by atoms with van der Waals surface area (Å²) in [6.07, 6.45) is 0. The van der Waals surface area contributed by atoms with E-state index in [9.17, 15) is 17.9 Å². The molecule has 1 aliphatic heterocycles. The summed E-state index contributed by atoms with van der Waals surface area (Å²) in [5.41, 5.74) is 1.72. The fourth-order valence-electron chi connectivity index (χ4n) is 3.15. The van der Waals surface area contributed by atoms with E-state index in [0.29, 0.717) is 17.1 Å². The van der Waals surface area contributed by atoms with Crippen LogP contribution in [0.15, 0.2) is 53.4 Å². The monoisotopic (exact) mass is 449 g/mol. The second kappa shape index (κ2) is 7.58. The van der Waals surface area contributed by atoms with E-state index in [0.717, 1.165) is 6.07 Å². The molecule has 3 aromatic carbocycles. The molecular weight excluding hydrogens is 433 g/mol. The van der Waals surface area contributed by atoms with Crippen molar-refractivity contribution in [2.24, 2.45) is 0 Å². The van der Waals surface area contributed by atoms with Gasteiger partial charge in [-0.2, -0.15) is 0 Å². The van der Waals surface area contributed by atoms with Crippen molar-refractivity contribution in [1.29, 1.82) is 0 Å². The second-order valence-corrected chi connectivity index (χ2v) is 8.62. The molecule has 0 spiro atoms. The average Bonchev–Trinajstić information content (AvgIpc) is 2.93. The minimum absolute atomic E-state index is 0.0561. The van der Waals surface area contributed by atoms with Gasteiger partial charge in [0.25, 0.3) is 10.0 Å². The smallest absolute Gasteiger partial charge is 0.261 e. The standard InChI is InChI=1S/C20H17ClFN3O4S/c1-29-11-5-7-12(8-6-11)30(27,28)25-17-4-2-3-16-19(17)24-18-13(10-23-16)20(26)15(22)9-14(18)21/h2-9,23-26H,10H2,1H3. The third-order valence-electron chi connectivity index (χ3n) is 4.69. The van der Waals surface area contributed by atoms with Crippen molar-refractivity contribution >= 4 is 44.4 Å². The van der Waals surface area contributed by atoms with Gasteiger partial charge in [-0.05, 0) is 42.5 Å². The van der Waals surface area contributed by atoms with Gasteiger partial charge in [-0.1, -0.05) is 17.7 Å².